The van der Waals surface area contributed by atoms with Crippen molar-refractivity contribution < 1.29 is 8.42 Å². The minimum atomic E-state index is -3.58. The van der Waals surface area contributed by atoms with E-state index in [0.29, 0.717) is 10.9 Å². The van der Waals surface area contributed by atoms with E-state index in [4.69, 9.17) is 5.73 Å². The zero-order chi connectivity index (χ0) is 14.0. The molecule has 0 spiro atoms. The summed E-state index contributed by atoms with van der Waals surface area (Å²) in [5, 5.41) is 0.624. The van der Waals surface area contributed by atoms with Crippen molar-refractivity contribution in [3.05, 3.63) is 36.0 Å². The predicted octanol–water partition coefficient (Wildman–Crippen LogP) is 1.59. The van der Waals surface area contributed by atoms with Crippen LogP contribution in [0.5, 0.6) is 0 Å². The number of halogens is 1. The van der Waals surface area contributed by atoms with Gasteiger partial charge in [-0.2, -0.15) is 0 Å². The molecule has 0 saturated carbocycles. The van der Waals surface area contributed by atoms with Gasteiger partial charge in [0.15, 0.2) is 0 Å². The van der Waals surface area contributed by atoms with Gasteiger partial charge in [-0.15, -0.1) is 12.4 Å². The highest BCUT2D eigenvalue weighted by molar-refractivity contribution is 7.89. The first-order valence-electron chi connectivity index (χ1n) is 6.02. The lowest BCUT2D eigenvalue weighted by atomic mass is 10.1. The number of nitrogens with two attached hydrogens (primary N) is 1. The van der Waals surface area contributed by atoms with Crippen molar-refractivity contribution in [2.24, 2.45) is 5.73 Å². The summed E-state index contributed by atoms with van der Waals surface area (Å²) in [5.74, 6) is 0. The van der Waals surface area contributed by atoms with Crippen molar-refractivity contribution in [2.75, 3.05) is 6.54 Å². The van der Waals surface area contributed by atoms with Crippen molar-refractivity contribution in [1.82, 2.24) is 9.71 Å². The van der Waals surface area contributed by atoms with Crippen molar-refractivity contribution in [3.63, 3.8) is 0 Å². The highest BCUT2D eigenvalue weighted by Gasteiger charge is 2.20. The fourth-order valence-corrected chi connectivity index (χ4v) is 3.35. The molecule has 0 unspecified atom stereocenters. The molecule has 1 aromatic carbocycles. The smallest absolute Gasteiger partial charge is 0.241 e. The number of pyridine rings is 1. The number of nitrogens with one attached hydrogen (secondary N) is 1. The summed E-state index contributed by atoms with van der Waals surface area (Å²) in [4.78, 5) is 4.47. The lowest BCUT2D eigenvalue weighted by molar-refractivity contribution is 0.563. The van der Waals surface area contributed by atoms with Crippen LogP contribution in [-0.2, 0) is 10.0 Å². The van der Waals surface area contributed by atoms with Gasteiger partial charge in [0, 0.05) is 24.2 Å². The second-order valence-electron chi connectivity index (χ2n) is 4.54. The van der Waals surface area contributed by atoms with Crippen LogP contribution in [0.15, 0.2) is 35.4 Å². The van der Waals surface area contributed by atoms with Gasteiger partial charge in [0.2, 0.25) is 10.0 Å². The maximum absolute atomic E-state index is 12.3. The molecule has 0 bridgehead atoms. The van der Waals surface area contributed by atoms with E-state index >= 15 is 0 Å². The second kappa shape index (κ2) is 6.49. The maximum atomic E-state index is 12.3. The van der Waals surface area contributed by atoms with E-state index in [1.54, 1.807) is 37.4 Å². The molecule has 0 fully saturated rings. The Morgan fingerprint density at radius 3 is 2.70 bits per heavy atom. The highest BCUT2D eigenvalue weighted by atomic mass is 35.5. The van der Waals surface area contributed by atoms with Crippen molar-refractivity contribution in [1.29, 1.82) is 0 Å². The lowest BCUT2D eigenvalue weighted by Crippen LogP contribution is -2.37. The second-order valence-corrected chi connectivity index (χ2v) is 6.22. The summed E-state index contributed by atoms with van der Waals surface area (Å²) < 4.78 is 27.2. The minimum absolute atomic E-state index is 0. The van der Waals surface area contributed by atoms with Crippen LogP contribution < -0.4 is 10.5 Å². The minimum Gasteiger partial charge on any atom is -0.329 e. The molecule has 1 heterocycles. The summed E-state index contributed by atoms with van der Waals surface area (Å²) >= 11 is 0. The molecule has 0 amide bonds. The summed E-state index contributed by atoms with van der Waals surface area (Å²) in [6.07, 6.45) is 1.65. The molecule has 110 valence electrons. The Hall–Kier alpha value is -1.21. The van der Waals surface area contributed by atoms with E-state index < -0.39 is 10.0 Å². The molecule has 0 saturated heterocycles. The van der Waals surface area contributed by atoms with Gasteiger partial charge in [0.1, 0.15) is 0 Å². The summed E-state index contributed by atoms with van der Waals surface area (Å²) in [6.45, 7) is 3.88. The van der Waals surface area contributed by atoms with Crippen LogP contribution in [0.3, 0.4) is 0 Å². The Morgan fingerprint density at radius 1 is 1.35 bits per heavy atom. The Bertz CT molecular complexity index is 704. The monoisotopic (exact) mass is 315 g/mol. The number of nitrogens with zero attached hydrogens (tertiary/aromatic N) is 1. The molecule has 5 nitrogen and oxygen atoms in total. The van der Waals surface area contributed by atoms with E-state index in [0.717, 1.165) is 5.56 Å². The van der Waals surface area contributed by atoms with E-state index in [2.05, 4.69) is 9.71 Å². The normalized spacial score (nSPS) is 12.9. The number of hydrogen-bond acceptors (Lipinski definition) is 4. The van der Waals surface area contributed by atoms with Gasteiger partial charge >= 0.3 is 0 Å². The summed E-state index contributed by atoms with van der Waals surface area (Å²) in [6, 6.07) is 6.55. The van der Waals surface area contributed by atoms with Gasteiger partial charge in [-0.1, -0.05) is 6.07 Å². The molecule has 0 aliphatic carbocycles. The Labute approximate surface area is 125 Å². The summed E-state index contributed by atoms with van der Waals surface area (Å²) in [7, 11) is -3.58. The average molecular weight is 316 g/mol. The molecule has 3 N–H and O–H groups in total. The van der Waals surface area contributed by atoms with E-state index in [9.17, 15) is 8.42 Å². The van der Waals surface area contributed by atoms with Gasteiger partial charge in [-0.05, 0) is 37.6 Å². The molecule has 20 heavy (non-hydrogen) atoms. The largest absolute Gasteiger partial charge is 0.329 e. The number of sulfonamides is 1. The van der Waals surface area contributed by atoms with E-state index in [-0.39, 0.29) is 29.9 Å². The highest BCUT2D eigenvalue weighted by Crippen LogP contribution is 2.24. The summed E-state index contributed by atoms with van der Waals surface area (Å²) in [5.41, 5.74) is 7.10. The van der Waals surface area contributed by atoms with Crippen LogP contribution in [0.4, 0.5) is 0 Å². The van der Waals surface area contributed by atoms with Crippen LogP contribution in [0.1, 0.15) is 12.5 Å². The van der Waals surface area contributed by atoms with Gasteiger partial charge in [0.25, 0.3) is 0 Å². The fraction of sp³-hybridized carbons (Fsp3) is 0.308. The number of benzene rings is 1. The number of fused-ring (bicyclic) bond motifs is 1. The number of rotatable bonds is 4. The first-order valence-corrected chi connectivity index (χ1v) is 7.51. The SMILES string of the molecule is Cc1ccc(S(=O)(=O)N[C@H](C)CN)c2cccnc12.Cl. The third-order valence-electron chi connectivity index (χ3n) is 2.93. The van der Waals surface area contributed by atoms with Crippen LogP contribution in [0.2, 0.25) is 0 Å². The first-order chi connectivity index (χ1) is 8.95. The molecule has 1 atom stereocenters. The Balaban J connectivity index is 0.00000200. The molecule has 7 heteroatoms. The number of aromatic nitrogens is 1. The molecule has 1 aromatic heterocycles. The third-order valence-corrected chi connectivity index (χ3v) is 4.58. The quantitative estimate of drug-likeness (QED) is 0.897. The molecule has 2 rings (SSSR count). The Kier molecular flexibility index (Phi) is 5.47. The van der Waals surface area contributed by atoms with Crippen molar-refractivity contribution in [2.45, 2.75) is 24.8 Å². The lowest BCUT2D eigenvalue weighted by Gasteiger charge is -2.14. The predicted molar refractivity (Wildman–Crippen MR) is 82.6 cm³/mol. The van der Waals surface area contributed by atoms with Gasteiger partial charge in [-0.3, -0.25) is 4.98 Å². The van der Waals surface area contributed by atoms with E-state index in [1.165, 1.54) is 0 Å². The molecule has 0 aliphatic heterocycles. The first kappa shape index (κ1) is 16.8. The number of hydrogen-bond donors (Lipinski definition) is 2. The molecule has 2 aromatic rings. The van der Waals surface area contributed by atoms with Crippen molar-refractivity contribution >= 4 is 33.3 Å². The van der Waals surface area contributed by atoms with Crippen LogP contribution >= 0.6 is 12.4 Å². The third kappa shape index (κ3) is 3.27. The molecule has 0 aliphatic rings. The van der Waals surface area contributed by atoms with Gasteiger partial charge in [0.05, 0.1) is 10.4 Å². The zero-order valence-corrected chi connectivity index (χ0v) is 13.0. The molecule has 0 radical (unpaired) electrons. The van der Waals surface area contributed by atoms with Gasteiger partial charge in [-0.25, -0.2) is 13.1 Å². The van der Waals surface area contributed by atoms with Gasteiger partial charge < -0.3 is 5.73 Å². The molecular weight excluding hydrogens is 298 g/mol. The average Bonchev–Trinajstić information content (AvgIpc) is 2.38. The van der Waals surface area contributed by atoms with E-state index in [1.807, 2.05) is 6.92 Å². The zero-order valence-electron chi connectivity index (χ0n) is 11.3. The van der Waals surface area contributed by atoms with Crippen LogP contribution in [-0.4, -0.2) is 26.0 Å². The van der Waals surface area contributed by atoms with Crippen LogP contribution in [0.25, 0.3) is 10.9 Å². The molecular formula is C13H18ClN3O2S. The van der Waals surface area contributed by atoms with Crippen molar-refractivity contribution in [3.8, 4) is 0 Å². The Morgan fingerprint density at radius 2 is 2.05 bits per heavy atom. The van der Waals surface area contributed by atoms with Crippen LogP contribution in [0, 0.1) is 6.92 Å². The maximum Gasteiger partial charge on any atom is 0.241 e. The fourth-order valence-electron chi connectivity index (χ4n) is 1.90. The number of aryl methyl sites for hydroxylation is 1. The standard InChI is InChI=1S/C13H17N3O2S.ClH/c1-9-5-6-12(11-4-3-7-15-13(9)11)19(17,18)16-10(2)8-14;/h3-7,10,16H,8,14H2,1-2H3;1H/t10-;/m1./s1. The topological polar surface area (TPSA) is 85.1 Å².